The summed E-state index contributed by atoms with van der Waals surface area (Å²) in [7, 11) is 0. The first-order valence-corrected chi connectivity index (χ1v) is 7.87. The highest BCUT2D eigenvalue weighted by molar-refractivity contribution is 7.80. The minimum absolute atomic E-state index is 0.283. The molecule has 2 aliphatic rings. The molecular formula is C14H25N3OS. The smallest absolute Gasteiger partial charge is 0.236 e. The number of carbonyl (C=O) groups is 1. The van der Waals surface area contributed by atoms with Crippen molar-refractivity contribution in [3.63, 3.8) is 0 Å². The number of hydrogen-bond acceptors (Lipinski definition) is 3. The Hall–Kier alpha value is -0.680. The Morgan fingerprint density at radius 3 is 2.42 bits per heavy atom. The molecule has 2 rings (SSSR count). The molecule has 108 valence electrons. The molecule has 0 aromatic carbocycles. The van der Waals surface area contributed by atoms with Crippen LogP contribution in [0.5, 0.6) is 0 Å². The van der Waals surface area contributed by atoms with Gasteiger partial charge in [-0.2, -0.15) is 0 Å². The van der Waals surface area contributed by atoms with E-state index in [1.54, 1.807) is 0 Å². The average molecular weight is 283 g/mol. The van der Waals surface area contributed by atoms with E-state index in [1.165, 1.54) is 12.8 Å². The van der Waals surface area contributed by atoms with E-state index in [0.29, 0.717) is 17.5 Å². The van der Waals surface area contributed by atoms with Crippen molar-refractivity contribution in [3.8, 4) is 0 Å². The van der Waals surface area contributed by atoms with Crippen molar-refractivity contribution in [3.05, 3.63) is 0 Å². The molecule has 2 fully saturated rings. The van der Waals surface area contributed by atoms with Crippen LogP contribution in [0.1, 0.15) is 38.5 Å². The Labute approximate surface area is 121 Å². The average Bonchev–Trinajstić information content (AvgIpc) is 2.68. The molecule has 19 heavy (non-hydrogen) atoms. The van der Waals surface area contributed by atoms with E-state index in [-0.39, 0.29) is 5.91 Å². The molecule has 2 saturated heterocycles. The molecule has 0 aromatic rings. The maximum Gasteiger partial charge on any atom is 0.236 e. The first kappa shape index (κ1) is 14.7. The van der Waals surface area contributed by atoms with Crippen molar-refractivity contribution in [1.82, 2.24) is 9.80 Å². The molecule has 0 aromatic heterocycles. The number of amides is 1. The first-order chi connectivity index (χ1) is 9.16. The van der Waals surface area contributed by atoms with E-state index in [4.69, 9.17) is 18.0 Å². The predicted octanol–water partition coefficient (Wildman–Crippen LogP) is 1.39. The Kier molecular flexibility index (Phi) is 5.58. The maximum absolute atomic E-state index is 12.3. The summed E-state index contributed by atoms with van der Waals surface area (Å²) >= 11 is 5.08. The van der Waals surface area contributed by atoms with Gasteiger partial charge in [-0.15, -0.1) is 0 Å². The van der Waals surface area contributed by atoms with Gasteiger partial charge >= 0.3 is 0 Å². The summed E-state index contributed by atoms with van der Waals surface area (Å²) in [6.07, 6.45) is 7.00. The van der Waals surface area contributed by atoms with Crippen molar-refractivity contribution < 1.29 is 4.79 Å². The number of nitrogens with two attached hydrogens (primary N) is 1. The summed E-state index contributed by atoms with van der Waals surface area (Å²) in [5.74, 6) is 0.575. The molecule has 1 atom stereocenters. The fourth-order valence-corrected chi connectivity index (χ4v) is 3.24. The predicted molar refractivity (Wildman–Crippen MR) is 81.0 cm³/mol. The summed E-state index contributed by atoms with van der Waals surface area (Å²) < 4.78 is 0. The van der Waals surface area contributed by atoms with Crippen LogP contribution in [0.4, 0.5) is 0 Å². The minimum Gasteiger partial charge on any atom is -0.393 e. The Morgan fingerprint density at radius 2 is 1.79 bits per heavy atom. The molecule has 4 nitrogen and oxygen atoms in total. The van der Waals surface area contributed by atoms with Crippen LogP contribution in [0.2, 0.25) is 0 Å². The van der Waals surface area contributed by atoms with Crippen LogP contribution in [0.25, 0.3) is 0 Å². The zero-order valence-corrected chi connectivity index (χ0v) is 12.5. The standard InChI is InChI=1S/C14H25N3OS/c15-14(19)12-6-5-7-16(10-12)11-13(18)17-8-3-1-2-4-9-17/h12H,1-11H2,(H2,15,19). The molecule has 1 unspecified atom stereocenters. The lowest BCUT2D eigenvalue weighted by Gasteiger charge is -2.33. The fraction of sp³-hybridized carbons (Fsp3) is 0.857. The van der Waals surface area contributed by atoms with Gasteiger partial charge in [0.05, 0.1) is 11.5 Å². The van der Waals surface area contributed by atoms with Gasteiger partial charge in [0.1, 0.15) is 0 Å². The first-order valence-electron chi connectivity index (χ1n) is 7.46. The van der Waals surface area contributed by atoms with Crippen LogP contribution in [0.3, 0.4) is 0 Å². The molecule has 2 aliphatic heterocycles. The molecule has 0 radical (unpaired) electrons. The molecule has 2 heterocycles. The third kappa shape index (κ3) is 4.42. The van der Waals surface area contributed by atoms with E-state index >= 15 is 0 Å². The number of hydrogen-bond donors (Lipinski definition) is 1. The van der Waals surface area contributed by atoms with Crippen molar-refractivity contribution in [2.24, 2.45) is 11.7 Å². The Morgan fingerprint density at radius 1 is 1.11 bits per heavy atom. The lowest BCUT2D eigenvalue weighted by molar-refractivity contribution is -0.132. The van der Waals surface area contributed by atoms with Gasteiger partial charge in [0, 0.05) is 25.6 Å². The van der Waals surface area contributed by atoms with E-state index in [0.717, 1.165) is 51.9 Å². The number of thiocarbonyl (C=S) groups is 1. The third-order valence-electron chi connectivity index (χ3n) is 4.23. The Bertz CT molecular complexity index is 327. The van der Waals surface area contributed by atoms with Crippen LogP contribution < -0.4 is 5.73 Å². The zero-order valence-electron chi connectivity index (χ0n) is 11.6. The van der Waals surface area contributed by atoms with Gasteiger partial charge in [-0.1, -0.05) is 25.1 Å². The van der Waals surface area contributed by atoms with Crippen LogP contribution in [-0.4, -0.2) is 53.4 Å². The van der Waals surface area contributed by atoms with Gasteiger partial charge in [-0.05, 0) is 32.2 Å². The lowest BCUT2D eigenvalue weighted by Crippen LogP contribution is -2.46. The van der Waals surface area contributed by atoms with Crippen LogP contribution in [0, 0.1) is 5.92 Å². The quantitative estimate of drug-likeness (QED) is 0.795. The number of rotatable bonds is 3. The van der Waals surface area contributed by atoms with E-state index in [1.807, 2.05) is 4.90 Å². The normalized spacial score (nSPS) is 25.9. The molecule has 0 saturated carbocycles. The second-order valence-corrected chi connectivity index (χ2v) is 6.24. The van der Waals surface area contributed by atoms with Gasteiger partial charge in [-0.25, -0.2) is 0 Å². The van der Waals surface area contributed by atoms with Crippen molar-refractivity contribution in [2.75, 3.05) is 32.7 Å². The highest BCUT2D eigenvalue weighted by Crippen LogP contribution is 2.17. The summed E-state index contributed by atoms with van der Waals surface area (Å²) in [5, 5.41) is 0. The van der Waals surface area contributed by atoms with E-state index < -0.39 is 0 Å². The molecule has 1 amide bonds. The van der Waals surface area contributed by atoms with E-state index in [9.17, 15) is 4.79 Å². The largest absolute Gasteiger partial charge is 0.393 e. The fourth-order valence-electron chi connectivity index (χ4n) is 3.04. The van der Waals surface area contributed by atoms with Crippen LogP contribution in [0.15, 0.2) is 0 Å². The summed E-state index contributed by atoms with van der Waals surface area (Å²) in [5.41, 5.74) is 5.73. The van der Waals surface area contributed by atoms with Gasteiger partial charge in [0.25, 0.3) is 0 Å². The minimum atomic E-state index is 0.283. The summed E-state index contributed by atoms with van der Waals surface area (Å²) in [4.78, 5) is 17.2. The molecule has 0 bridgehead atoms. The highest BCUT2D eigenvalue weighted by Gasteiger charge is 2.25. The number of piperidine rings is 1. The SMILES string of the molecule is NC(=S)C1CCCN(CC(=O)N2CCCCCC2)C1. The van der Waals surface area contributed by atoms with Crippen molar-refractivity contribution in [1.29, 1.82) is 0 Å². The number of likely N-dealkylation sites (tertiary alicyclic amines) is 2. The van der Waals surface area contributed by atoms with E-state index in [2.05, 4.69) is 4.90 Å². The molecule has 5 heteroatoms. The van der Waals surface area contributed by atoms with Crippen molar-refractivity contribution in [2.45, 2.75) is 38.5 Å². The molecular weight excluding hydrogens is 258 g/mol. The van der Waals surface area contributed by atoms with Gasteiger partial charge in [-0.3, -0.25) is 9.69 Å². The monoisotopic (exact) mass is 283 g/mol. The third-order valence-corrected chi connectivity index (χ3v) is 4.56. The second kappa shape index (κ2) is 7.20. The number of carbonyl (C=O) groups excluding carboxylic acids is 1. The summed E-state index contributed by atoms with van der Waals surface area (Å²) in [6.45, 7) is 4.27. The Balaban J connectivity index is 1.82. The van der Waals surface area contributed by atoms with Gasteiger partial charge < -0.3 is 10.6 Å². The highest BCUT2D eigenvalue weighted by atomic mass is 32.1. The zero-order chi connectivity index (χ0) is 13.7. The van der Waals surface area contributed by atoms with Crippen LogP contribution >= 0.6 is 12.2 Å². The topological polar surface area (TPSA) is 49.6 Å². The number of nitrogens with zero attached hydrogens (tertiary/aromatic N) is 2. The molecule has 2 N–H and O–H groups in total. The van der Waals surface area contributed by atoms with Gasteiger partial charge in [0.15, 0.2) is 0 Å². The second-order valence-electron chi connectivity index (χ2n) is 5.77. The van der Waals surface area contributed by atoms with Crippen LogP contribution in [-0.2, 0) is 4.79 Å². The lowest BCUT2D eigenvalue weighted by atomic mass is 9.98. The molecule has 0 aliphatic carbocycles. The molecule has 0 spiro atoms. The van der Waals surface area contributed by atoms with Crippen molar-refractivity contribution >= 4 is 23.1 Å². The summed E-state index contributed by atoms with van der Waals surface area (Å²) in [6, 6.07) is 0. The van der Waals surface area contributed by atoms with Gasteiger partial charge in [0.2, 0.25) is 5.91 Å². The maximum atomic E-state index is 12.3.